The zero-order valence-corrected chi connectivity index (χ0v) is 16.9. The molecule has 0 amide bonds. The molecule has 0 spiro atoms. The second-order valence-electron chi connectivity index (χ2n) is 8.35. The summed E-state index contributed by atoms with van der Waals surface area (Å²) in [5.74, 6) is 0.900. The minimum Gasteiger partial charge on any atom is -0.492 e. The van der Waals surface area contributed by atoms with E-state index in [2.05, 4.69) is 91.7 Å². The maximum Gasteiger partial charge on any atom is 0.121 e. The Hall–Kier alpha value is -2.78. The van der Waals surface area contributed by atoms with Gasteiger partial charge in [-0.05, 0) is 34.7 Å². The van der Waals surface area contributed by atoms with E-state index >= 15 is 0 Å². The van der Waals surface area contributed by atoms with Crippen LogP contribution in [-0.2, 0) is 12.0 Å². The van der Waals surface area contributed by atoms with Crippen LogP contribution in [0.25, 0.3) is 21.8 Å². The van der Waals surface area contributed by atoms with Crippen LogP contribution in [0.3, 0.4) is 0 Å². The largest absolute Gasteiger partial charge is 0.492 e. The number of hydrogen-bond acceptors (Lipinski definition) is 2. The summed E-state index contributed by atoms with van der Waals surface area (Å²) in [5, 5.41) is 5.92. The highest BCUT2D eigenvalue weighted by atomic mass is 16.5. The van der Waals surface area contributed by atoms with Gasteiger partial charge in [0.2, 0.25) is 0 Å². The first kappa shape index (κ1) is 18.6. The number of ether oxygens (including phenoxy) is 1. The predicted octanol–water partition coefficient (Wildman–Crippen LogP) is 5.79. The van der Waals surface area contributed by atoms with Gasteiger partial charge in [0.15, 0.2) is 0 Å². The molecule has 0 aliphatic heterocycles. The normalized spacial score (nSPS) is 12.0. The summed E-state index contributed by atoms with van der Waals surface area (Å²) in [6, 6.07) is 23.5. The summed E-state index contributed by atoms with van der Waals surface area (Å²) in [7, 11) is 0. The van der Waals surface area contributed by atoms with Gasteiger partial charge in [0.1, 0.15) is 12.4 Å². The molecule has 4 aromatic rings. The van der Waals surface area contributed by atoms with E-state index in [4.69, 9.17) is 4.74 Å². The Morgan fingerprint density at radius 2 is 1.57 bits per heavy atom. The first-order chi connectivity index (χ1) is 13.5. The van der Waals surface area contributed by atoms with Crippen molar-refractivity contribution in [2.24, 2.45) is 0 Å². The molecule has 3 heteroatoms. The SMILES string of the molecule is CC(C)(C)c1ccc2c(c1)[nH]c1cc(OCCNCc3ccccc3)ccc12. The van der Waals surface area contributed by atoms with E-state index in [-0.39, 0.29) is 5.41 Å². The average molecular weight is 373 g/mol. The van der Waals surface area contributed by atoms with Crippen LogP contribution in [0.15, 0.2) is 66.7 Å². The lowest BCUT2D eigenvalue weighted by Crippen LogP contribution is -2.20. The van der Waals surface area contributed by atoms with Crippen molar-refractivity contribution < 1.29 is 4.74 Å². The van der Waals surface area contributed by atoms with Crippen molar-refractivity contribution in [2.45, 2.75) is 32.7 Å². The van der Waals surface area contributed by atoms with Gasteiger partial charge in [0.05, 0.1) is 5.52 Å². The highest BCUT2D eigenvalue weighted by Gasteiger charge is 2.15. The molecule has 0 aliphatic carbocycles. The molecule has 144 valence electrons. The molecule has 3 nitrogen and oxygen atoms in total. The second-order valence-corrected chi connectivity index (χ2v) is 8.35. The van der Waals surface area contributed by atoms with E-state index in [0.717, 1.165) is 24.4 Å². The smallest absolute Gasteiger partial charge is 0.121 e. The standard InChI is InChI=1S/C25H28N2O/c1-25(2,3)19-9-11-21-22-12-10-20(16-24(22)27-23(21)15-19)28-14-13-26-17-18-7-5-4-6-8-18/h4-12,15-16,26-27H,13-14,17H2,1-3H3. The number of aromatic amines is 1. The molecule has 0 saturated carbocycles. The molecular weight excluding hydrogens is 344 g/mol. The minimum absolute atomic E-state index is 0.145. The van der Waals surface area contributed by atoms with Gasteiger partial charge in [-0.1, -0.05) is 63.2 Å². The van der Waals surface area contributed by atoms with E-state index < -0.39 is 0 Å². The lowest BCUT2D eigenvalue weighted by atomic mass is 9.86. The molecule has 28 heavy (non-hydrogen) atoms. The van der Waals surface area contributed by atoms with E-state index in [1.807, 2.05) is 6.07 Å². The Labute approximate surface area is 166 Å². The van der Waals surface area contributed by atoms with E-state index in [0.29, 0.717) is 6.61 Å². The quantitative estimate of drug-likeness (QED) is 0.421. The fraction of sp³-hybridized carbons (Fsp3) is 0.280. The van der Waals surface area contributed by atoms with Crippen LogP contribution in [0.1, 0.15) is 31.9 Å². The zero-order chi connectivity index (χ0) is 19.6. The van der Waals surface area contributed by atoms with Gasteiger partial charge in [-0.25, -0.2) is 0 Å². The maximum atomic E-state index is 5.94. The van der Waals surface area contributed by atoms with Gasteiger partial charge in [-0.15, -0.1) is 0 Å². The van der Waals surface area contributed by atoms with Gasteiger partial charge in [-0.2, -0.15) is 0 Å². The maximum absolute atomic E-state index is 5.94. The van der Waals surface area contributed by atoms with Crippen molar-refractivity contribution in [3.8, 4) is 5.75 Å². The molecule has 0 fully saturated rings. The van der Waals surface area contributed by atoms with E-state index in [1.165, 1.54) is 27.4 Å². The number of benzene rings is 3. The molecule has 0 saturated heterocycles. The lowest BCUT2D eigenvalue weighted by molar-refractivity contribution is 0.314. The summed E-state index contributed by atoms with van der Waals surface area (Å²) in [4.78, 5) is 3.56. The van der Waals surface area contributed by atoms with Crippen LogP contribution < -0.4 is 10.1 Å². The number of H-pyrrole nitrogens is 1. The first-order valence-electron chi connectivity index (χ1n) is 9.94. The van der Waals surface area contributed by atoms with Crippen LogP contribution in [0.4, 0.5) is 0 Å². The summed E-state index contributed by atoms with van der Waals surface area (Å²) in [6.07, 6.45) is 0. The predicted molar refractivity (Wildman–Crippen MR) is 118 cm³/mol. The monoisotopic (exact) mass is 372 g/mol. The average Bonchev–Trinajstić information content (AvgIpc) is 3.05. The minimum atomic E-state index is 0.145. The van der Waals surface area contributed by atoms with Crippen LogP contribution >= 0.6 is 0 Å². The van der Waals surface area contributed by atoms with Crippen molar-refractivity contribution in [1.29, 1.82) is 0 Å². The number of nitrogens with one attached hydrogen (secondary N) is 2. The summed E-state index contributed by atoms with van der Waals surface area (Å²) < 4.78 is 5.94. The Kier molecular flexibility index (Phi) is 5.10. The van der Waals surface area contributed by atoms with Gasteiger partial charge >= 0.3 is 0 Å². The van der Waals surface area contributed by atoms with Crippen molar-refractivity contribution in [1.82, 2.24) is 10.3 Å². The summed E-state index contributed by atoms with van der Waals surface area (Å²) in [6.45, 7) is 9.06. The van der Waals surface area contributed by atoms with Crippen molar-refractivity contribution in [3.05, 3.63) is 77.9 Å². The van der Waals surface area contributed by atoms with Crippen molar-refractivity contribution >= 4 is 21.8 Å². The van der Waals surface area contributed by atoms with Crippen molar-refractivity contribution in [2.75, 3.05) is 13.2 Å². The Morgan fingerprint density at radius 1 is 0.857 bits per heavy atom. The van der Waals surface area contributed by atoms with Gasteiger partial charge in [0, 0.05) is 35.4 Å². The molecule has 4 rings (SSSR count). The second kappa shape index (κ2) is 7.69. The molecule has 0 radical (unpaired) electrons. The molecule has 0 atom stereocenters. The molecule has 3 aromatic carbocycles. The summed E-state index contributed by atoms with van der Waals surface area (Å²) >= 11 is 0. The third-order valence-corrected chi connectivity index (χ3v) is 5.16. The number of rotatable bonds is 6. The van der Waals surface area contributed by atoms with Gasteiger partial charge in [0.25, 0.3) is 0 Å². The molecular formula is C25H28N2O. The zero-order valence-electron chi connectivity index (χ0n) is 16.9. The van der Waals surface area contributed by atoms with Crippen molar-refractivity contribution in [3.63, 3.8) is 0 Å². The lowest BCUT2D eigenvalue weighted by Gasteiger charge is -2.18. The molecule has 2 N–H and O–H groups in total. The Morgan fingerprint density at radius 3 is 2.32 bits per heavy atom. The Balaban J connectivity index is 1.42. The number of fused-ring (bicyclic) bond motifs is 3. The highest BCUT2D eigenvalue weighted by Crippen LogP contribution is 2.31. The molecule has 0 aliphatic rings. The third-order valence-electron chi connectivity index (χ3n) is 5.16. The number of hydrogen-bond donors (Lipinski definition) is 2. The van der Waals surface area contributed by atoms with Crippen LogP contribution in [-0.4, -0.2) is 18.1 Å². The first-order valence-corrected chi connectivity index (χ1v) is 9.94. The van der Waals surface area contributed by atoms with E-state index in [9.17, 15) is 0 Å². The summed E-state index contributed by atoms with van der Waals surface area (Å²) in [5.41, 5.74) is 5.08. The van der Waals surface area contributed by atoms with Gasteiger partial charge < -0.3 is 15.0 Å². The fourth-order valence-corrected chi connectivity index (χ4v) is 3.52. The van der Waals surface area contributed by atoms with Crippen LogP contribution in [0.2, 0.25) is 0 Å². The molecule has 0 bridgehead atoms. The Bertz CT molecular complexity index is 1070. The molecule has 1 heterocycles. The van der Waals surface area contributed by atoms with Gasteiger partial charge in [-0.3, -0.25) is 0 Å². The molecule has 0 unspecified atom stereocenters. The number of aromatic nitrogens is 1. The fourth-order valence-electron chi connectivity index (χ4n) is 3.52. The molecule has 1 aromatic heterocycles. The third kappa shape index (κ3) is 4.05. The van der Waals surface area contributed by atoms with Crippen LogP contribution in [0.5, 0.6) is 5.75 Å². The van der Waals surface area contributed by atoms with Crippen LogP contribution in [0, 0.1) is 0 Å². The van der Waals surface area contributed by atoms with E-state index in [1.54, 1.807) is 0 Å². The topological polar surface area (TPSA) is 37.0 Å². The highest BCUT2D eigenvalue weighted by molar-refractivity contribution is 6.07.